The van der Waals surface area contributed by atoms with Gasteiger partial charge in [0.25, 0.3) is 0 Å². The number of halogens is 4. The molecule has 1 aliphatic rings. The molecule has 2 heterocycles. The van der Waals surface area contributed by atoms with Gasteiger partial charge in [0, 0.05) is 47.7 Å². The van der Waals surface area contributed by atoms with Crippen LogP contribution in [0.15, 0.2) is 24.3 Å². The number of pyridine rings is 2. The zero-order chi connectivity index (χ0) is 17.1. The largest absolute Gasteiger partial charge is 0.380 e. The minimum atomic E-state index is -0.906. The van der Waals surface area contributed by atoms with Crippen molar-refractivity contribution in [2.45, 2.75) is 37.8 Å². The number of hydrogen-bond acceptors (Lipinski definition) is 4. The molecule has 2 atom stereocenters. The van der Waals surface area contributed by atoms with Gasteiger partial charge in [-0.1, -0.05) is 12.8 Å². The van der Waals surface area contributed by atoms with E-state index in [9.17, 15) is 17.6 Å². The van der Waals surface area contributed by atoms with Gasteiger partial charge in [0.05, 0.1) is 0 Å². The van der Waals surface area contributed by atoms with E-state index in [0.29, 0.717) is 0 Å². The SMILES string of the molecule is Fc1cc(N[C@@H]2CCCC[C@H]2Nc2cc(F)nc(F)c2)cc(F)n1. The molecule has 128 valence electrons. The van der Waals surface area contributed by atoms with E-state index in [1.54, 1.807) is 0 Å². The molecule has 3 rings (SSSR count). The van der Waals surface area contributed by atoms with Crippen molar-refractivity contribution in [1.29, 1.82) is 0 Å². The molecular formula is C16H16F4N4. The summed E-state index contributed by atoms with van der Waals surface area (Å²) in [6.07, 6.45) is 3.43. The highest BCUT2D eigenvalue weighted by molar-refractivity contribution is 5.47. The highest BCUT2D eigenvalue weighted by atomic mass is 19.1. The summed E-state index contributed by atoms with van der Waals surface area (Å²) in [4.78, 5) is 6.11. The number of anilines is 2. The summed E-state index contributed by atoms with van der Waals surface area (Å²) >= 11 is 0. The van der Waals surface area contributed by atoms with Crippen LogP contribution in [-0.4, -0.2) is 22.1 Å². The summed E-state index contributed by atoms with van der Waals surface area (Å²) in [5.74, 6) is -3.63. The Morgan fingerprint density at radius 1 is 0.667 bits per heavy atom. The van der Waals surface area contributed by atoms with Gasteiger partial charge in [-0.05, 0) is 12.8 Å². The fraction of sp³-hybridized carbons (Fsp3) is 0.375. The van der Waals surface area contributed by atoms with Crippen LogP contribution < -0.4 is 10.6 Å². The van der Waals surface area contributed by atoms with E-state index in [-0.39, 0.29) is 23.5 Å². The molecule has 1 fully saturated rings. The molecule has 0 aliphatic heterocycles. The second-order valence-electron chi connectivity index (χ2n) is 5.79. The van der Waals surface area contributed by atoms with E-state index in [0.717, 1.165) is 49.9 Å². The van der Waals surface area contributed by atoms with Crippen molar-refractivity contribution in [1.82, 2.24) is 9.97 Å². The van der Waals surface area contributed by atoms with Crippen LogP contribution >= 0.6 is 0 Å². The number of nitrogens with zero attached hydrogens (tertiary/aromatic N) is 2. The second-order valence-corrected chi connectivity index (χ2v) is 5.79. The molecule has 0 bridgehead atoms. The number of nitrogens with one attached hydrogen (secondary N) is 2. The molecular weight excluding hydrogens is 324 g/mol. The van der Waals surface area contributed by atoms with Gasteiger partial charge in [-0.2, -0.15) is 27.5 Å². The Balaban J connectivity index is 1.75. The van der Waals surface area contributed by atoms with Crippen LogP contribution in [0, 0.1) is 23.8 Å². The van der Waals surface area contributed by atoms with Crippen molar-refractivity contribution in [2.24, 2.45) is 0 Å². The molecule has 4 nitrogen and oxygen atoms in total. The molecule has 0 unspecified atom stereocenters. The van der Waals surface area contributed by atoms with Crippen LogP contribution in [0.1, 0.15) is 25.7 Å². The summed E-state index contributed by atoms with van der Waals surface area (Å²) in [5.41, 5.74) is 0.566. The van der Waals surface area contributed by atoms with Gasteiger partial charge in [-0.15, -0.1) is 0 Å². The van der Waals surface area contributed by atoms with Crippen molar-refractivity contribution in [2.75, 3.05) is 10.6 Å². The third-order valence-electron chi connectivity index (χ3n) is 4.00. The number of rotatable bonds is 4. The predicted octanol–water partition coefficient (Wildman–Crippen LogP) is 3.87. The summed E-state index contributed by atoms with van der Waals surface area (Å²) < 4.78 is 52.9. The van der Waals surface area contributed by atoms with Crippen molar-refractivity contribution >= 4 is 11.4 Å². The van der Waals surface area contributed by atoms with Crippen LogP contribution in [-0.2, 0) is 0 Å². The Hall–Kier alpha value is -2.38. The maximum atomic E-state index is 13.2. The fourth-order valence-corrected chi connectivity index (χ4v) is 3.00. The maximum absolute atomic E-state index is 13.2. The van der Waals surface area contributed by atoms with Gasteiger partial charge >= 0.3 is 0 Å². The highest BCUT2D eigenvalue weighted by Gasteiger charge is 2.25. The number of aromatic nitrogens is 2. The van der Waals surface area contributed by atoms with E-state index < -0.39 is 23.8 Å². The Morgan fingerprint density at radius 3 is 1.33 bits per heavy atom. The lowest BCUT2D eigenvalue weighted by atomic mass is 9.90. The Morgan fingerprint density at radius 2 is 1.00 bits per heavy atom. The van der Waals surface area contributed by atoms with E-state index in [2.05, 4.69) is 20.6 Å². The van der Waals surface area contributed by atoms with Gasteiger partial charge in [0.2, 0.25) is 23.8 Å². The van der Waals surface area contributed by atoms with E-state index in [1.165, 1.54) is 0 Å². The fourth-order valence-electron chi connectivity index (χ4n) is 3.00. The van der Waals surface area contributed by atoms with Crippen molar-refractivity contribution in [3.63, 3.8) is 0 Å². The molecule has 2 N–H and O–H groups in total. The Kier molecular flexibility index (Phi) is 4.82. The number of hydrogen-bond donors (Lipinski definition) is 2. The normalized spacial score (nSPS) is 20.7. The minimum Gasteiger partial charge on any atom is -0.380 e. The minimum absolute atomic E-state index is 0.140. The summed E-state index contributed by atoms with van der Waals surface area (Å²) in [7, 11) is 0. The summed E-state index contributed by atoms with van der Waals surface area (Å²) in [5, 5.41) is 6.15. The first kappa shape index (κ1) is 16.5. The maximum Gasteiger partial charge on any atom is 0.217 e. The van der Waals surface area contributed by atoms with Gasteiger partial charge in [0.15, 0.2) is 0 Å². The van der Waals surface area contributed by atoms with E-state index in [4.69, 9.17) is 0 Å². The van der Waals surface area contributed by atoms with Gasteiger partial charge in [0.1, 0.15) is 0 Å². The standard InChI is InChI=1S/C16H16F4N4/c17-13-5-9(6-14(18)23-13)21-11-3-1-2-4-12(11)22-10-7-15(19)24-16(20)8-10/h5-8,11-12H,1-4H2,(H,21,23)(H,22,24)/t11-,12-/m1/s1. The van der Waals surface area contributed by atoms with Gasteiger partial charge in [-0.25, -0.2) is 0 Å². The van der Waals surface area contributed by atoms with Crippen LogP contribution in [0.3, 0.4) is 0 Å². The molecule has 2 aromatic rings. The lowest BCUT2D eigenvalue weighted by Crippen LogP contribution is -2.41. The van der Waals surface area contributed by atoms with Gasteiger partial charge in [-0.3, -0.25) is 0 Å². The molecule has 2 aromatic heterocycles. The monoisotopic (exact) mass is 340 g/mol. The molecule has 0 amide bonds. The smallest absolute Gasteiger partial charge is 0.217 e. The first-order chi connectivity index (χ1) is 11.5. The molecule has 0 aromatic carbocycles. The average Bonchev–Trinajstić information content (AvgIpc) is 2.47. The molecule has 0 spiro atoms. The van der Waals surface area contributed by atoms with Crippen molar-refractivity contribution in [3.8, 4) is 0 Å². The third kappa shape index (κ3) is 4.12. The topological polar surface area (TPSA) is 49.8 Å². The first-order valence-corrected chi connectivity index (χ1v) is 7.69. The quantitative estimate of drug-likeness (QED) is 0.655. The summed E-state index contributed by atoms with van der Waals surface area (Å²) in [6, 6.07) is 4.17. The van der Waals surface area contributed by atoms with Crippen molar-refractivity contribution in [3.05, 3.63) is 48.1 Å². The predicted molar refractivity (Wildman–Crippen MR) is 81.6 cm³/mol. The molecule has 0 saturated heterocycles. The van der Waals surface area contributed by atoms with Gasteiger partial charge < -0.3 is 10.6 Å². The molecule has 1 saturated carbocycles. The van der Waals surface area contributed by atoms with Crippen LogP contribution in [0.4, 0.5) is 28.9 Å². The first-order valence-electron chi connectivity index (χ1n) is 7.69. The van der Waals surface area contributed by atoms with Crippen LogP contribution in [0.2, 0.25) is 0 Å². The Bertz CT molecular complexity index is 623. The van der Waals surface area contributed by atoms with Crippen LogP contribution in [0.5, 0.6) is 0 Å². The lowest BCUT2D eigenvalue weighted by molar-refractivity contribution is 0.422. The molecule has 24 heavy (non-hydrogen) atoms. The molecule has 0 radical (unpaired) electrons. The van der Waals surface area contributed by atoms with Crippen LogP contribution in [0.25, 0.3) is 0 Å². The van der Waals surface area contributed by atoms with E-state index in [1.807, 2.05) is 0 Å². The molecule has 1 aliphatic carbocycles. The summed E-state index contributed by atoms with van der Waals surface area (Å²) in [6.45, 7) is 0. The second kappa shape index (κ2) is 7.02. The lowest BCUT2D eigenvalue weighted by Gasteiger charge is -2.34. The zero-order valence-corrected chi connectivity index (χ0v) is 12.7. The van der Waals surface area contributed by atoms with E-state index >= 15 is 0 Å². The van der Waals surface area contributed by atoms with Crippen molar-refractivity contribution < 1.29 is 17.6 Å². The Labute approximate surface area is 136 Å². The highest BCUT2D eigenvalue weighted by Crippen LogP contribution is 2.26. The zero-order valence-electron chi connectivity index (χ0n) is 12.7. The molecule has 8 heteroatoms. The third-order valence-corrected chi connectivity index (χ3v) is 4.00. The average molecular weight is 340 g/mol.